The topological polar surface area (TPSA) is 57.6 Å². The third-order valence-corrected chi connectivity index (χ3v) is 4.18. The highest BCUT2D eigenvalue weighted by molar-refractivity contribution is 6.31. The van der Waals surface area contributed by atoms with Crippen LogP contribution in [0.5, 0.6) is 0 Å². The van der Waals surface area contributed by atoms with Crippen LogP contribution in [0.15, 0.2) is 42.5 Å². The van der Waals surface area contributed by atoms with Gasteiger partial charge >= 0.3 is 5.97 Å². The van der Waals surface area contributed by atoms with Crippen molar-refractivity contribution >= 4 is 29.2 Å². The second-order valence-corrected chi connectivity index (χ2v) is 5.78. The molecule has 2 aromatic carbocycles. The molecule has 5 heteroatoms. The summed E-state index contributed by atoms with van der Waals surface area (Å²) >= 11 is 5.96. The molecule has 1 atom stereocenters. The number of amides is 1. The van der Waals surface area contributed by atoms with E-state index in [2.05, 4.69) is 0 Å². The summed E-state index contributed by atoms with van der Waals surface area (Å²) in [5.41, 5.74) is 3.02. The molecule has 1 aliphatic rings. The molecule has 1 heterocycles. The smallest absolute Gasteiger partial charge is 0.310 e. The van der Waals surface area contributed by atoms with Crippen LogP contribution in [0, 0.1) is 0 Å². The van der Waals surface area contributed by atoms with Crippen molar-refractivity contribution in [2.75, 3.05) is 4.90 Å². The number of rotatable bonds is 3. The van der Waals surface area contributed by atoms with E-state index < -0.39 is 11.9 Å². The van der Waals surface area contributed by atoms with Crippen LogP contribution in [0.25, 0.3) is 0 Å². The Kier molecular flexibility index (Phi) is 3.62. The van der Waals surface area contributed by atoms with E-state index in [0.29, 0.717) is 22.7 Å². The van der Waals surface area contributed by atoms with E-state index >= 15 is 0 Å². The van der Waals surface area contributed by atoms with Gasteiger partial charge in [-0.25, -0.2) is 0 Å². The summed E-state index contributed by atoms with van der Waals surface area (Å²) in [5.74, 6) is -1.50. The van der Waals surface area contributed by atoms with Gasteiger partial charge in [-0.05, 0) is 48.4 Å². The molecular formula is C17H14ClNO3. The van der Waals surface area contributed by atoms with E-state index in [9.17, 15) is 9.59 Å². The zero-order chi connectivity index (χ0) is 15.9. The first kappa shape index (κ1) is 14.6. The summed E-state index contributed by atoms with van der Waals surface area (Å²) in [5, 5.41) is 9.64. The van der Waals surface area contributed by atoms with Gasteiger partial charge in [-0.2, -0.15) is 0 Å². The van der Waals surface area contributed by atoms with Crippen LogP contribution in [-0.4, -0.2) is 17.0 Å². The number of halogens is 1. The molecule has 4 nitrogen and oxygen atoms in total. The van der Waals surface area contributed by atoms with Crippen LogP contribution in [0.2, 0.25) is 5.02 Å². The third kappa shape index (κ3) is 2.46. The maximum atomic E-state index is 12.4. The molecule has 0 saturated heterocycles. The standard InChI is InChI=1S/C17H14ClNO3/c1-10(17(21)22)11-2-5-14(6-3-11)19-9-12-8-13(18)4-7-15(12)16(19)20/h2-8,10H,9H2,1H3,(H,21,22). The van der Waals surface area contributed by atoms with Crippen molar-refractivity contribution in [3.05, 3.63) is 64.2 Å². The Morgan fingerprint density at radius 3 is 2.55 bits per heavy atom. The Bertz CT molecular complexity index is 755. The quantitative estimate of drug-likeness (QED) is 0.939. The van der Waals surface area contributed by atoms with Gasteiger partial charge < -0.3 is 10.0 Å². The summed E-state index contributed by atoms with van der Waals surface area (Å²) in [6.45, 7) is 2.11. The van der Waals surface area contributed by atoms with Crippen LogP contribution < -0.4 is 4.90 Å². The van der Waals surface area contributed by atoms with Gasteiger partial charge in [-0.3, -0.25) is 9.59 Å². The number of aliphatic carboxylic acids is 1. The largest absolute Gasteiger partial charge is 0.481 e. The van der Waals surface area contributed by atoms with E-state index in [1.165, 1.54) is 0 Å². The Hall–Kier alpha value is -2.33. The van der Waals surface area contributed by atoms with Crippen LogP contribution >= 0.6 is 11.6 Å². The van der Waals surface area contributed by atoms with Gasteiger partial charge in [0.25, 0.3) is 5.91 Å². The number of nitrogens with zero attached hydrogens (tertiary/aromatic N) is 1. The molecule has 1 N–H and O–H groups in total. The average Bonchev–Trinajstić information content (AvgIpc) is 2.83. The third-order valence-electron chi connectivity index (χ3n) is 3.95. The van der Waals surface area contributed by atoms with Crippen molar-refractivity contribution in [3.63, 3.8) is 0 Å². The number of carboxylic acids is 1. The first-order valence-corrected chi connectivity index (χ1v) is 7.28. The monoisotopic (exact) mass is 315 g/mol. The summed E-state index contributed by atoms with van der Waals surface area (Å²) in [6, 6.07) is 12.3. The summed E-state index contributed by atoms with van der Waals surface area (Å²) < 4.78 is 0. The van der Waals surface area contributed by atoms with Crippen molar-refractivity contribution < 1.29 is 14.7 Å². The van der Waals surface area contributed by atoms with Crippen molar-refractivity contribution in [1.82, 2.24) is 0 Å². The Morgan fingerprint density at radius 1 is 1.23 bits per heavy atom. The Morgan fingerprint density at radius 2 is 1.91 bits per heavy atom. The minimum Gasteiger partial charge on any atom is -0.481 e. The molecule has 112 valence electrons. The molecule has 22 heavy (non-hydrogen) atoms. The minimum absolute atomic E-state index is 0.0642. The number of hydrogen-bond donors (Lipinski definition) is 1. The maximum Gasteiger partial charge on any atom is 0.310 e. The second kappa shape index (κ2) is 5.46. The first-order valence-electron chi connectivity index (χ1n) is 6.90. The highest BCUT2D eigenvalue weighted by atomic mass is 35.5. The maximum absolute atomic E-state index is 12.4. The van der Waals surface area contributed by atoms with Crippen molar-refractivity contribution in [2.24, 2.45) is 0 Å². The molecule has 0 aromatic heterocycles. The van der Waals surface area contributed by atoms with E-state index in [1.807, 2.05) is 0 Å². The molecule has 0 spiro atoms. The number of anilines is 1. The van der Waals surface area contributed by atoms with Crippen LogP contribution in [0.3, 0.4) is 0 Å². The number of hydrogen-bond acceptors (Lipinski definition) is 2. The fourth-order valence-corrected chi connectivity index (χ4v) is 2.78. The highest BCUT2D eigenvalue weighted by Gasteiger charge is 2.28. The molecule has 1 aliphatic heterocycles. The van der Waals surface area contributed by atoms with E-state index in [0.717, 1.165) is 11.3 Å². The first-order chi connectivity index (χ1) is 10.5. The van der Waals surface area contributed by atoms with Crippen molar-refractivity contribution in [2.45, 2.75) is 19.4 Å². The number of benzene rings is 2. The second-order valence-electron chi connectivity index (χ2n) is 5.34. The molecule has 3 rings (SSSR count). The van der Waals surface area contributed by atoms with E-state index in [4.69, 9.17) is 16.7 Å². The fourth-order valence-electron chi connectivity index (χ4n) is 2.58. The molecule has 2 aromatic rings. The Labute approximate surface area is 132 Å². The summed E-state index contributed by atoms with van der Waals surface area (Å²) in [6.07, 6.45) is 0. The molecular weight excluding hydrogens is 302 g/mol. The van der Waals surface area contributed by atoms with E-state index in [-0.39, 0.29) is 5.91 Å². The van der Waals surface area contributed by atoms with Gasteiger partial charge in [0, 0.05) is 16.3 Å². The van der Waals surface area contributed by atoms with Crippen molar-refractivity contribution in [3.8, 4) is 0 Å². The van der Waals surface area contributed by atoms with Gasteiger partial charge in [0.05, 0.1) is 12.5 Å². The lowest BCUT2D eigenvalue weighted by Gasteiger charge is -2.16. The van der Waals surface area contributed by atoms with Crippen LogP contribution in [0.4, 0.5) is 5.69 Å². The van der Waals surface area contributed by atoms with Gasteiger partial charge in [0.2, 0.25) is 0 Å². The molecule has 0 fully saturated rings. The molecule has 0 radical (unpaired) electrons. The predicted molar refractivity (Wildman–Crippen MR) is 84.5 cm³/mol. The van der Waals surface area contributed by atoms with E-state index in [1.54, 1.807) is 54.3 Å². The van der Waals surface area contributed by atoms with Crippen LogP contribution in [-0.2, 0) is 11.3 Å². The Balaban J connectivity index is 1.87. The van der Waals surface area contributed by atoms with Gasteiger partial charge in [0.1, 0.15) is 0 Å². The lowest BCUT2D eigenvalue weighted by Crippen LogP contribution is -2.23. The van der Waals surface area contributed by atoms with Crippen LogP contribution in [0.1, 0.15) is 34.3 Å². The zero-order valence-corrected chi connectivity index (χ0v) is 12.7. The molecule has 1 amide bonds. The summed E-state index contributed by atoms with van der Waals surface area (Å²) in [7, 11) is 0. The fraction of sp³-hybridized carbons (Fsp3) is 0.176. The lowest BCUT2D eigenvalue weighted by molar-refractivity contribution is -0.138. The molecule has 1 unspecified atom stereocenters. The number of fused-ring (bicyclic) bond motifs is 1. The molecule has 0 bridgehead atoms. The molecule has 0 aliphatic carbocycles. The number of carbonyl (C=O) groups is 2. The highest BCUT2D eigenvalue weighted by Crippen LogP contribution is 2.30. The number of carboxylic acid groups (broad SMARTS) is 1. The SMILES string of the molecule is CC(C(=O)O)c1ccc(N2Cc3cc(Cl)ccc3C2=O)cc1. The van der Waals surface area contributed by atoms with Crippen molar-refractivity contribution in [1.29, 1.82) is 0 Å². The summed E-state index contributed by atoms with van der Waals surface area (Å²) in [4.78, 5) is 25.1. The predicted octanol–water partition coefficient (Wildman–Crippen LogP) is 3.69. The number of carbonyl (C=O) groups excluding carboxylic acids is 1. The normalized spacial score (nSPS) is 14.8. The lowest BCUT2D eigenvalue weighted by atomic mass is 10.0. The van der Waals surface area contributed by atoms with Gasteiger partial charge in [-0.1, -0.05) is 23.7 Å². The minimum atomic E-state index is -0.868. The average molecular weight is 316 g/mol. The van der Waals surface area contributed by atoms with Gasteiger partial charge in [0.15, 0.2) is 0 Å². The van der Waals surface area contributed by atoms with Gasteiger partial charge in [-0.15, -0.1) is 0 Å². The molecule has 0 saturated carbocycles. The zero-order valence-electron chi connectivity index (χ0n) is 11.9.